The van der Waals surface area contributed by atoms with Crippen molar-refractivity contribution in [2.45, 2.75) is 19.8 Å². The lowest BCUT2D eigenvalue weighted by molar-refractivity contribution is -0.142. The van der Waals surface area contributed by atoms with E-state index in [1.807, 2.05) is 11.8 Å². The Morgan fingerprint density at radius 1 is 1.58 bits per heavy atom. The number of piperidine rings is 1. The van der Waals surface area contributed by atoms with Crippen LogP contribution in [0.15, 0.2) is 6.20 Å². The van der Waals surface area contributed by atoms with Gasteiger partial charge in [0.2, 0.25) is 11.8 Å². The predicted octanol–water partition coefficient (Wildman–Crippen LogP) is 1.83. The van der Waals surface area contributed by atoms with Gasteiger partial charge in [0.05, 0.1) is 18.7 Å². The highest BCUT2D eigenvalue weighted by Gasteiger charge is 2.26. The first-order chi connectivity index (χ1) is 9.11. The molecule has 6 nitrogen and oxygen atoms in total. The highest BCUT2D eigenvalue weighted by Crippen LogP contribution is 2.26. The van der Waals surface area contributed by atoms with E-state index in [-0.39, 0.29) is 5.92 Å². The highest BCUT2D eigenvalue weighted by molar-refractivity contribution is 6.31. The van der Waals surface area contributed by atoms with Gasteiger partial charge in [0.15, 0.2) is 0 Å². The molecule has 0 saturated carbocycles. The van der Waals surface area contributed by atoms with Gasteiger partial charge >= 0.3 is 5.97 Å². The van der Waals surface area contributed by atoms with E-state index in [2.05, 4.69) is 9.97 Å². The van der Waals surface area contributed by atoms with Crippen LogP contribution < -0.4 is 9.64 Å². The van der Waals surface area contributed by atoms with Crippen LogP contribution in [0, 0.1) is 5.92 Å². The van der Waals surface area contributed by atoms with Gasteiger partial charge in [-0.15, -0.1) is 0 Å². The largest absolute Gasteiger partial charge is 0.481 e. The predicted molar refractivity (Wildman–Crippen MR) is 70.8 cm³/mol. The summed E-state index contributed by atoms with van der Waals surface area (Å²) in [6.07, 6.45) is 2.72. The number of ether oxygens (including phenoxy) is 1. The number of carbonyl (C=O) groups is 1. The molecular formula is C12H16ClN3O3. The van der Waals surface area contributed by atoms with Crippen LogP contribution in [-0.4, -0.2) is 40.7 Å². The Labute approximate surface area is 116 Å². The summed E-state index contributed by atoms with van der Waals surface area (Å²) in [5, 5.41) is 9.34. The maximum absolute atomic E-state index is 10.9. The molecule has 104 valence electrons. The molecule has 0 atom stereocenters. The van der Waals surface area contributed by atoms with E-state index in [0.29, 0.717) is 49.4 Å². The quantitative estimate of drug-likeness (QED) is 0.909. The number of anilines is 1. The van der Waals surface area contributed by atoms with Gasteiger partial charge in [-0.1, -0.05) is 11.6 Å². The topological polar surface area (TPSA) is 75.5 Å². The third kappa shape index (κ3) is 3.26. The molecule has 2 rings (SSSR count). The van der Waals surface area contributed by atoms with Crippen LogP contribution in [-0.2, 0) is 4.79 Å². The number of hydrogen-bond donors (Lipinski definition) is 1. The van der Waals surface area contributed by atoms with Gasteiger partial charge < -0.3 is 14.7 Å². The molecule has 0 amide bonds. The van der Waals surface area contributed by atoms with Gasteiger partial charge in [-0.3, -0.25) is 4.79 Å². The van der Waals surface area contributed by atoms with Crippen LogP contribution in [0.4, 0.5) is 5.95 Å². The third-order valence-corrected chi connectivity index (χ3v) is 3.37. The molecule has 0 radical (unpaired) electrons. The molecule has 1 aliphatic rings. The smallest absolute Gasteiger partial charge is 0.306 e. The number of rotatable bonds is 4. The molecular weight excluding hydrogens is 270 g/mol. The lowest BCUT2D eigenvalue weighted by atomic mass is 9.97. The van der Waals surface area contributed by atoms with Crippen molar-refractivity contribution in [1.29, 1.82) is 0 Å². The average molecular weight is 286 g/mol. The Morgan fingerprint density at radius 3 is 2.84 bits per heavy atom. The van der Waals surface area contributed by atoms with E-state index in [9.17, 15) is 4.79 Å². The number of aromatic nitrogens is 2. The van der Waals surface area contributed by atoms with Gasteiger partial charge in [-0.2, -0.15) is 4.98 Å². The van der Waals surface area contributed by atoms with Gasteiger partial charge in [0, 0.05) is 13.1 Å². The first-order valence-electron chi connectivity index (χ1n) is 6.25. The lowest BCUT2D eigenvalue weighted by Crippen LogP contribution is -2.37. The Bertz CT molecular complexity index is 462. The second-order valence-electron chi connectivity index (χ2n) is 4.36. The van der Waals surface area contributed by atoms with E-state index in [1.165, 1.54) is 6.20 Å². The standard InChI is InChI=1S/C12H16ClN3O3/c1-2-19-10-9(13)7-14-12(15-10)16-5-3-8(4-6-16)11(17)18/h7-8H,2-6H2,1H3,(H,17,18). The molecule has 0 bridgehead atoms. The first kappa shape index (κ1) is 13.9. The van der Waals surface area contributed by atoms with E-state index < -0.39 is 5.97 Å². The van der Waals surface area contributed by atoms with Crippen molar-refractivity contribution in [2.24, 2.45) is 5.92 Å². The summed E-state index contributed by atoms with van der Waals surface area (Å²) in [6.45, 7) is 3.60. The molecule has 1 N–H and O–H groups in total. The fourth-order valence-corrected chi connectivity index (χ4v) is 2.21. The fraction of sp³-hybridized carbons (Fsp3) is 0.583. The van der Waals surface area contributed by atoms with Gasteiger partial charge in [-0.05, 0) is 19.8 Å². The summed E-state index contributed by atoms with van der Waals surface area (Å²) in [5.41, 5.74) is 0. The second-order valence-corrected chi connectivity index (χ2v) is 4.76. The molecule has 1 aromatic heterocycles. The zero-order valence-electron chi connectivity index (χ0n) is 10.7. The van der Waals surface area contributed by atoms with Crippen molar-refractivity contribution in [2.75, 3.05) is 24.6 Å². The van der Waals surface area contributed by atoms with Crippen molar-refractivity contribution in [3.63, 3.8) is 0 Å². The Morgan fingerprint density at radius 2 is 2.26 bits per heavy atom. The number of nitrogens with zero attached hydrogens (tertiary/aromatic N) is 3. The maximum atomic E-state index is 10.9. The van der Waals surface area contributed by atoms with Gasteiger partial charge in [0.25, 0.3) is 0 Å². The third-order valence-electron chi connectivity index (χ3n) is 3.11. The molecule has 1 fully saturated rings. The van der Waals surface area contributed by atoms with Crippen LogP contribution in [0.25, 0.3) is 0 Å². The Hall–Kier alpha value is -1.56. The van der Waals surface area contributed by atoms with E-state index in [0.717, 1.165) is 0 Å². The van der Waals surface area contributed by atoms with Gasteiger partial charge in [0.1, 0.15) is 5.02 Å². The summed E-state index contributed by atoms with van der Waals surface area (Å²) in [6, 6.07) is 0. The molecule has 1 aliphatic heterocycles. The molecule has 0 aliphatic carbocycles. The van der Waals surface area contributed by atoms with Crippen molar-refractivity contribution in [3.05, 3.63) is 11.2 Å². The minimum absolute atomic E-state index is 0.269. The fourth-order valence-electron chi connectivity index (χ4n) is 2.06. The first-order valence-corrected chi connectivity index (χ1v) is 6.62. The van der Waals surface area contributed by atoms with Crippen LogP contribution in [0.3, 0.4) is 0 Å². The minimum Gasteiger partial charge on any atom is -0.481 e. The number of hydrogen-bond acceptors (Lipinski definition) is 5. The zero-order valence-corrected chi connectivity index (χ0v) is 11.4. The molecule has 0 spiro atoms. The number of aliphatic carboxylic acids is 1. The van der Waals surface area contributed by atoms with Crippen LogP contribution >= 0.6 is 11.6 Å². The minimum atomic E-state index is -0.730. The lowest BCUT2D eigenvalue weighted by Gasteiger charge is -2.30. The average Bonchev–Trinajstić information content (AvgIpc) is 2.41. The summed E-state index contributed by atoms with van der Waals surface area (Å²) in [4.78, 5) is 21.3. The van der Waals surface area contributed by atoms with Gasteiger partial charge in [-0.25, -0.2) is 4.98 Å². The van der Waals surface area contributed by atoms with Crippen molar-refractivity contribution < 1.29 is 14.6 Å². The number of carboxylic acids is 1. The summed E-state index contributed by atoms with van der Waals surface area (Å²) in [5.74, 6) is -0.0900. The Kier molecular flexibility index (Phi) is 4.42. The molecule has 1 saturated heterocycles. The van der Waals surface area contributed by atoms with Crippen LogP contribution in [0.2, 0.25) is 5.02 Å². The highest BCUT2D eigenvalue weighted by atomic mass is 35.5. The Balaban J connectivity index is 2.07. The molecule has 7 heteroatoms. The van der Waals surface area contributed by atoms with E-state index >= 15 is 0 Å². The number of carboxylic acid groups (broad SMARTS) is 1. The van der Waals surface area contributed by atoms with Crippen molar-refractivity contribution in [1.82, 2.24) is 9.97 Å². The summed E-state index contributed by atoms with van der Waals surface area (Å²) in [7, 11) is 0. The maximum Gasteiger partial charge on any atom is 0.306 e. The monoisotopic (exact) mass is 285 g/mol. The molecule has 0 aromatic carbocycles. The van der Waals surface area contributed by atoms with Crippen molar-refractivity contribution in [3.8, 4) is 5.88 Å². The second kappa shape index (κ2) is 6.06. The van der Waals surface area contributed by atoms with E-state index in [1.54, 1.807) is 0 Å². The normalized spacial score (nSPS) is 16.4. The summed E-state index contributed by atoms with van der Waals surface area (Å²) < 4.78 is 5.32. The molecule has 0 unspecified atom stereocenters. The summed E-state index contributed by atoms with van der Waals surface area (Å²) >= 11 is 5.93. The van der Waals surface area contributed by atoms with Crippen LogP contribution in [0.1, 0.15) is 19.8 Å². The van der Waals surface area contributed by atoms with Crippen LogP contribution in [0.5, 0.6) is 5.88 Å². The number of halogens is 1. The molecule has 2 heterocycles. The SMILES string of the molecule is CCOc1nc(N2CCC(C(=O)O)CC2)ncc1Cl. The molecule has 1 aromatic rings. The van der Waals surface area contributed by atoms with Crippen molar-refractivity contribution >= 4 is 23.5 Å². The zero-order chi connectivity index (χ0) is 13.8. The van der Waals surface area contributed by atoms with E-state index in [4.69, 9.17) is 21.4 Å². The molecule has 19 heavy (non-hydrogen) atoms.